The van der Waals surface area contributed by atoms with Gasteiger partial charge in [-0.3, -0.25) is 9.59 Å². The molecule has 37 heavy (non-hydrogen) atoms. The Labute approximate surface area is 213 Å². The zero-order chi connectivity index (χ0) is 26.6. The number of nitrogen functional groups attached to an aromatic ring is 1. The average molecular weight is 514 g/mol. The van der Waals surface area contributed by atoms with E-state index < -0.39 is 35.2 Å². The Balaban J connectivity index is 1.70. The predicted octanol–water partition coefficient (Wildman–Crippen LogP) is 2.19. The zero-order valence-corrected chi connectivity index (χ0v) is 20.7. The van der Waals surface area contributed by atoms with Crippen molar-refractivity contribution in [3.63, 3.8) is 0 Å². The van der Waals surface area contributed by atoms with Crippen LogP contribution in [0.3, 0.4) is 0 Å². The number of piperazine rings is 1. The minimum Gasteiger partial charge on any atom is -0.487 e. The third-order valence-electron chi connectivity index (χ3n) is 7.34. The largest absolute Gasteiger partial charge is 0.487 e. The van der Waals surface area contributed by atoms with E-state index in [0.29, 0.717) is 6.42 Å². The van der Waals surface area contributed by atoms with E-state index in [4.69, 9.17) is 10.5 Å². The Bertz CT molecular complexity index is 1280. The van der Waals surface area contributed by atoms with Gasteiger partial charge in [-0.05, 0) is 38.5 Å². The molecule has 3 N–H and O–H groups in total. The summed E-state index contributed by atoms with van der Waals surface area (Å²) in [6.07, 6.45) is 0.887. The number of fused-ring (bicyclic) bond motifs is 2. The minimum atomic E-state index is -1.000. The van der Waals surface area contributed by atoms with Gasteiger partial charge in [0, 0.05) is 37.4 Å². The Morgan fingerprint density at radius 1 is 1.27 bits per heavy atom. The molecule has 196 valence electrons. The zero-order valence-electron chi connectivity index (χ0n) is 20.7. The van der Waals surface area contributed by atoms with Crippen LogP contribution in [0.5, 0.6) is 5.75 Å². The van der Waals surface area contributed by atoms with E-state index in [-0.39, 0.29) is 72.8 Å². The lowest BCUT2D eigenvalue weighted by atomic mass is 9.99. The highest BCUT2D eigenvalue weighted by molar-refractivity contribution is 6.03. The molecule has 0 saturated carbocycles. The molecule has 4 heterocycles. The maximum Gasteiger partial charge on any atom is 0.262 e. The summed E-state index contributed by atoms with van der Waals surface area (Å²) in [5.74, 6) is -2.80. The Kier molecular flexibility index (Phi) is 6.06. The molecule has 3 aliphatic heterocycles. The van der Waals surface area contributed by atoms with E-state index in [1.54, 1.807) is 14.7 Å². The number of halogens is 2. The van der Waals surface area contributed by atoms with Crippen molar-refractivity contribution in [3.8, 4) is 17.0 Å². The lowest BCUT2D eigenvalue weighted by Gasteiger charge is -2.40. The first-order valence-electron chi connectivity index (χ1n) is 12.1. The van der Waals surface area contributed by atoms with Gasteiger partial charge in [-0.25, -0.2) is 13.8 Å². The summed E-state index contributed by atoms with van der Waals surface area (Å²) in [7, 11) is 0. The SMILES string of the molecule is C=CC(=O)N1CCN2C(=O)c3c(N4C[C@@H](O)CC4(C)C)nc(-c4c(N)cccc4F)c(F)c3OC[C@H]2C1. The van der Waals surface area contributed by atoms with Gasteiger partial charge in [0.15, 0.2) is 11.6 Å². The number of aliphatic hydroxyl groups excluding tert-OH is 1. The number of aromatic nitrogens is 1. The molecule has 2 saturated heterocycles. The third kappa shape index (κ3) is 4.07. The van der Waals surface area contributed by atoms with Gasteiger partial charge in [-0.15, -0.1) is 0 Å². The van der Waals surface area contributed by atoms with Crippen LogP contribution in [-0.2, 0) is 4.79 Å². The fourth-order valence-electron chi connectivity index (χ4n) is 5.51. The molecule has 0 bridgehead atoms. The summed E-state index contributed by atoms with van der Waals surface area (Å²) < 4.78 is 36.9. The van der Waals surface area contributed by atoms with Crippen LogP contribution < -0.4 is 15.4 Å². The van der Waals surface area contributed by atoms with Gasteiger partial charge in [0.25, 0.3) is 5.91 Å². The fraction of sp³-hybridized carbons (Fsp3) is 0.423. The molecule has 0 unspecified atom stereocenters. The van der Waals surface area contributed by atoms with Crippen molar-refractivity contribution in [1.82, 2.24) is 14.8 Å². The van der Waals surface area contributed by atoms with E-state index in [9.17, 15) is 19.1 Å². The molecule has 0 spiro atoms. The maximum atomic E-state index is 16.1. The lowest BCUT2D eigenvalue weighted by Crippen LogP contribution is -2.57. The predicted molar refractivity (Wildman–Crippen MR) is 133 cm³/mol. The number of hydrogen-bond donors (Lipinski definition) is 2. The van der Waals surface area contributed by atoms with Crippen LogP contribution in [0.2, 0.25) is 0 Å². The van der Waals surface area contributed by atoms with Crippen LogP contribution in [0, 0.1) is 11.6 Å². The summed E-state index contributed by atoms with van der Waals surface area (Å²) >= 11 is 0. The number of anilines is 2. The number of benzene rings is 1. The van der Waals surface area contributed by atoms with Crippen molar-refractivity contribution in [2.75, 3.05) is 43.4 Å². The van der Waals surface area contributed by atoms with Gasteiger partial charge >= 0.3 is 0 Å². The molecule has 2 fully saturated rings. The normalized spacial score (nSPS) is 22.7. The van der Waals surface area contributed by atoms with E-state index >= 15 is 4.39 Å². The molecule has 2 amide bonds. The van der Waals surface area contributed by atoms with Crippen LogP contribution >= 0.6 is 0 Å². The van der Waals surface area contributed by atoms with E-state index in [1.165, 1.54) is 18.2 Å². The van der Waals surface area contributed by atoms with Crippen molar-refractivity contribution in [3.05, 3.63) is 48.1 Å². The van der Waals surface area contributed by atoms with Crippen molar-refractivity contribution >= 4 is 23.3 Å². The second kappa shape index (κ2) is 8.98. The number of carbonyl (C=O) groups is 2. The van der Waals surface area contributed by atoms with Gasteiger partial charge in [0.2, 0.25) is 5.91 Å². The summed E-state index contributed by atoms with van der Waals surface area (Å²) in [4.78, 5) is 35.5. The van der Waals surface area contributed by atoms with Crippen LogP contribution in [0.25, 0.3) is 11.3 Å². The lowest BCUT2D eigenvalue weighted by molar-refractivity contribution is -0.128. The highest BCUT2D eigenvalue weighted by atomic mass is 19.1. The third-order valence-corrected chi connectivity index (χ3v) is 7.34. The van der Waals surface area contributed by atoms with Crippen molar-refractivity contribution in [2.45, 2.75) is 38.0 Å². The molecule has 2 atom stereocenters. The Morgan fingerprint density at radius 2 is 2.03 bits per heavy atom. The molecule has 1 aromatic carbocycles. The molecular weight excluding hydrogens is 484 g/mol. The number of aliphatic hydroxyl groups is 1. The molecule has 9 nitrogen and oxygen atoms in total. The first kappa shape index (κ1) is 24.9. The number of β-amino-alcohol motifs (C(OH)–C–C–N with tert-alkyl or cyclic N) is 1. The summed E-state index contributed by atoms with van der Waals surface area (Å²) in [6, 6.07) is 3.46. The number of carbonyl (C=O) groups excluding carboxylic acids is 2. The number of pyridine rings is 1. The second-order valence-corrected chi connectivity index (χ2v) is 10.2. The van der Waals surface area contributed by atoms with Gasteiger partial charge in [0.1, 0.15) is 29.5 Å². The second-order valence-electron chi connectivity index (χ2n) is 10.2. The molecule has 1 aromatic heterocycles. The van der Waals surface area contributed by atoms with Crippen LogP contribution in [0.1, 0.15) is 30.6 Å². The number of nitrogens with two attached hydrogens (primary N) is 1. The average Bonchev–Trinajstić information content (AvgIpc) is 3.04. The summed E-state index contributed by atoms with van der Waals surface area (Å²) in [6.45, 7) is 8.01. The van der Waals surface area contributed by atoms with Crippen LogP contribution in [-0.4, -0.2) is 82.2 Å². The minimum absolute atomic E-state index is 0.0195. The van der Waals surface area contributed by atoms with Crippen LogP contribution in [0.15, 0.2) is 30.9 Å². The summed E-state index contributed by atoms with van der Waals surface area (Å²) in [5, 5.41) is 10.4. The molecule has 2 aromatic rings. The number of amides is 2. The number of rotatable bonds is 3. The van der Waals surface area contributed by atoms with Crippen molar-refractivity contribution < 1.29 is 28.2 Å². The van der Waals surface area contributed by atoms with E-state index in [1.807, 2.05) is 13.8 Å². The number of ether oxygens (including phenoxy) is 1. The first-order chi connectivity index (χ1) is 17.5. The first-order valence-corrected chi connectivity index (χ1v) is 12.1. The standard InChI is InChI=1S/C26H29F2N5O4/c1-4-18(35)31-8-9-32-14(11-31)13-37-23-20(25(32)36)24(33-12-15(34)10-26(33,2)3)30-22(21(23)28)19-16(27)6-5-7-17(19)29/h4-7,14-15,34H,1,8-13,29H2,2-3H3/t14-,15+/m1/s1. The Morgan fingerprint density at radius 3 is 2.68 bits per heavy atom. The molecule has 0 aliphatic carbocycles. The molecule has 0 radical (unpaired) electrons. The summed E-state index contributed by atoms with van der Waals surface area (Å²) in [5.41, 5.74) is 4.66. The quantitative estimate of drug-likeness (QED) is 0.478. The smallest absolute Gasteiger partial charge is 0.262 e. The molecule has 5 rings (SSSR count). The van der Waals surface area contributed by atoms with Gasteiger partial charge < -0.3 is 30.3 Å². The van der Waals surface area contributed by atoms with Gasteiger partial charge in [0.05, 0.1) is 17.7 Å². The van der Waals surface area contributed by atoms with Crippen LogP contribution in [0.4, 0.5) is 20.3 Å². The maximum absolute atomic E-state index is 16.1. The highest BCUT2D eigenvalue weighted by Crippen LogP contribution is 2.44. The topological polar surface area (TPSA) is 112 Å². The Hall–Kier alpha value is -3.73. The molecule has 3 aliphatic rings. The van der Waals surface area contributed by atoms with E-state index in [2.05, 4.69) is 11.6 Å². The highest BCUT2D eigenvalue weighted by Gasteiger charge is 2.45. The van der Waals surface area contributed by atoms with Crippen molar-refractivity contribution in [2.24, 2.45) is 0 Å². The van der Waals surface area contributed by atoms with Gasteiger partial charge in [-0.2, -0.15) is 0 Å². The fourth-order valence-corrected chi connectivity index (χ4v) is 5.51. The van der Waals surface area contributed by atoms with Crippen molar-refractivity contribution in [1.29, 1.82) is 0 Å². The number of hydrogen-bond acceptors (Lipinski definition) is 7. The number of nitrogens with zero attached hydrogens (tertiary/aromatic N) is 4. The van der Waals surface area contributed by atoms with E-state index in [0.717, 1.165) is 6.07 Å². The monoisotopic (exact) mass is 513 g/mol. The molecular formula is C26H29F2N5O4. The molecule has 11 heteroatoms. The van der Waals surface area contributed by atoms with Gasteiger partial charge in [-0.1, -0.05) is 12.6 Å².